The minimum Gasteiger partial charge on any atom is -0.245 e. The molecule has 5 aromatic rings. The van der Waals surface area contributed by atoms with E-state index in [9.17, 15) is 0 Å². The number of halogens is 2. The van der Waals surface area contributed by atoms with Crippen LogP contribution in [0.4, 0.5) is 0 Å². The van der Waals surface area contributed by atoms with E-state index in [1.54, 1.807) is 0 Å². The number of nitrogens with zero attached hydrogens (tertiary/aromatic N) is 4. The summed E-state index contributed by atoms with van der Waals surface area (Å²) in [6.07, 6.45) is 9.34. The number of hydrogen-bond acceptors (Lipinski definition) is 4. The third kappa shape index (κ3) is 4.83. The number of rotatable bonds is 7. The summed E-state index contributed by atoms with van der Waals surface area (Å²) in [6, 6.07) is 46.5. The Hall–Kier alpha value is -5.16. The molecule has 2 heterocycles. The van der Waals surface area contributed by atoms with Crippen molar-refractivity contribution < 1.29 is 0 Å². The molecule has 3 aliphatic rings. The van der Waals surface area contributed by atoms with Crippen LogP contribution in [0.15, 0.2) is 184 Å². The summed E-state index contributed by atoms with van der Waals surface area (Å²) in [6.45, 7) is 0. The highest BCUT2D eigenvalue weighted by Crippen LogP contribution is 2.56. The van der Waals surface area contributed by atoms with E-state index in [0.29, 0.717) is 21.7 Å². The van der Waals surface area contributed by atoms with E-state index in [1.807, 2.05) is 78.9 Å². The van der Waals surface area contributed by atoms with E-state index >= 15 is 0 Å². The second-order valence-corrected chi connectivity index (χ2v) is 12.8. The first-order chi connectivity index (χ1) is 23.6. The fraction of sp³-hybridized carbons (Fsp3) is 0.0952. The molecule has 3 atom stereocenters. The van der Waals surface area contributed by atoms with Crippen LogP contribution >= 0.6 is 23.2 Å². The average Bonchev–Trinajstić information content (AvgIpc) is 3.76. The molecule has 4 nitrogen and oxygen atoms in total. The quantitative estimate of drug-likeness (QED) is 0.167. The van der Waals surface area contributed by atoms with Crippen LogP contribution < -0.4 is 0 Å². The zero-order valence-corrected chi connectivity index (χ0v) is 27.4. The Morgan fingerprint density at radius 3 is 1.58 bits per heavy atom. The Balaban J connectivity index is 1.55. The maximum Gasteiger partial charge on any atom is 0.165 e. The molecule has 0 amide bonds. The molecule has 8 rings (SSSR count). The van der Waals surface area contributed by atoms with Gasteiger partial charge >= 0.3 is 0 Å². The minimum absolute atomic E-state index is 0.0730. The Labute approximate surface area is 290 Å². The molecule has 0 saturated carbocycles. The van der Waals surface area contributed by atoms with Gasteiger partial charge in [-0.15, -0.1) is 0 Å². The third-order valence-electron chi connectivity index (χ3n) is 9.22. The van der Waals surface area contributed by atoms with Crippen molar-refractivity contribution in [3.8, 4) is 0 Å². The first-order valence-corrected chi connectivity index (χ1v) is 16.7. The summed E-state index contributed by atoms with van der Waals surface area (Å²) < 4.78 is 0. The SMILES string of the molecule is Clc1ccccc1C1=NC(c2ccccc2)(C2(c3ccccc3)N=C(c3ccccc3Cl)N=C2C2C=CC=CC2)C(c2ccccc2)=N1. The largest absolute Gasteiger partial charge is 0.245 e. The molecule has 0 aromatic heterocycles. The third-order valence-corrected chi connectivity index (χ3v) is 9.88. The molecule has 0 fully saturated rings. The molecule has 2 aliphatic heterocycles. The lowest BCUT2D eigenvalue weighted by molar-refractivity contribution is 0.408. The smallest absolute Gasteiger partial charge is 0.165 e. The van der Waals surface area contributed by atoms with Crippen molar-refractivity contribution in [3.05, 3.63) is 202 Å². The van der Waals surface area contributed by atoms with Gasteiger partial charge in [0.2, 0.25) is 0 Å². The molecule has 0 radical (unpaired) electrons. The molecule has 3 unspecified atom stereocenters. The van der Waals surface area contributed by atoms with Crippen LogP contribution in [-0.2, 0) is 11.1 Å². The van der Waals surface area contributed by atoms with Crippen LogP contribution in [0.1, 0.15) is 34.2 Å². The molecule has 6 heteroatoms. The highest BCUT2D eigenvalue weighted by molar-refractivity contribution is 6.36. The summed E-state index contributed by atoms with van der Waals surface area (Å²) in [7, 11) is 0. The normalized spacial score (nSPS) is 23.0. The van der Waals surface area contributed by atoms with Crippen LogP contribution in [-0.4, -0.2) is 23.1 Å². The lowest BCUT2D eigenvalue weighted by Gasteiger charge is -2.45. The van der Waals surface area contributed by atoms with Gasteiger partial charge in [0.1, 0.15) is 0 Å². The summed E-state index contributed by atoms with van der Waals surface area (Å²) in [5, 5.41) is 1.16. The van der Waals surface area contributed by atoms with Crippen molar-refractivity contribution in [1.82, 2.24) is 0 Å². The van der Waals surface area contributed by atoms with Gasteiger partial charge in [0.05, 0.1) is 21.5 Å². The lowest BCUT2D eigenvalue weighted by atomic mass is 9.61. The van der Waals surface area contributed by atoms with E-state index in [-0.39, 0.29) is 5.92 Å². The Morgan fingerprint density at radius 1 is 0.521 bits per heavy atom. The Kier molecular flexibility index (Phi) is 7.84. The van der Waals surface area contributed by atoms with Gasteiger partial charge in [0.25, 0.3) is 0 Å². The Bertz CT molecular complexity index is 2190. The molecule has 0 spiro atoms. The van der Waals surface area contributed by atoms with Gasteiger partial charge in [-0.05, 0) is 47.4 Å². The molecule has 5 aromatic carbocycles. The van der Waals surface area contributed by atoms with Crippen LogP contribution in [0, 0.1) is 5.92 Å². The van der Waals surface area contributed by atoms with E-state index in [0.717, 1.165) is 45.7 Å². The number of hydrogen-bond donors (Lipinski definition) is 0. The predicted octanol–water partition coefficient (Wildman–Crippen LogP) is 10.1. The Morgan fingerprint density at radius 2 is 1.02 bits per heavy atom. The summed E-state index contributed by atoms with van der Waals surface area (Å²) >= 11 is 13.8. The monoisotopic (exact) mass is 660 g/mol. The zero-order valence-electron chi connectivity index (χ0n) is 25.9. The van der Waals surface area contributed by atoms with Crippen LogP contribution in [0.25, 0.3) is 0 Å². The molecular weight excluding hydrogens is 631 g/mol. The summed E-state index contributed by atoms with van der Waals surface area (Å²) in [5.41, 5.74) is 3.59. The van der Waals surface area contributed by atoms with E-state index in [2.05, 4.69) is 85.0 Å². The van der Waals surface area contributed by atoms with Gasteiger partial charge in [-0.25, -0.2) is 20.0 Å². The zero-order chi connectivity index (χ0) is 32.6. The summed E-state index contributed by atoms with van der Waals surface area (Å²) in [5.74, 6) is 1.03. The fourth-order valence-corrected chi connectivity index (χ4v) is 7.54. The second-order valence-electron chi connectivity index (χ2n) is 12.0. The molecule has 0 bridgehead atoms. The van der Waals surface area contributed by atoms with Gasteiger partial charge in [0.15, 0.2) is 22.7 Å². The number of amidine groups is 2. The van der Waals surface area contributed by atoms with Gasteiger partial charge < -0.3 is 0 Å². The molecule has 48 heavy (non-hydrogen) atoms. The van der Waals surface area contributed by atoms with Gasteiger partial charge in [-0.1, -0.05) is 163 Å². The first-order valence-electron chi connectivity index (χ1n) is 16.0. The first kappa shape index (κ1) is 30.2. The lowest BCUT2D eigenvalue weighted by Crippen LogP contribution is -2.56. The van der Waals surface area contributed by atoms with Crippen molar-refractivity contribution in [2.24, 2.45) is 25.9 Å². The molecular formula is C42H30Cl2N4. The molecule has 0 saturated heterocycles. The molecule has 0 N–H and O–H groups in total. The van der Waals surface area contributed by atoms with Gasteiger partial charge in [-0.2, -0.15) is 0 Å². The van der Waals surface area contributed by atoms with E-state index in [4.69, 9.17) is 43.2 Å². The standard InChI is InChI=1S/C42H30Cl2N4/c43-35-27-15-13-25-33(35)39-45-37(29-17-5-1-6-18-29)41(47-39,31-21-9-3-10-22-31)42(32-23-11-4-12-24-32)38(30-19-7-2-8-20-30)46-40(48-42)34-26-14-16-28-36(34)44/h1-19,21-28,30H,20H2. The van der Waals surface area contributed by atoms with Crippen LogP contribution in [0.5, 0.6) is 0 Å². The van der Waals surface area contributed by atoms with Crippen molar-refractivity contribution in [2.75, 3.05) is 0 Å². The number of allylic oxidation sites excluding steroid dienone is 4. The fourth-order valence-electron chi connectivity index (χ4n) is 7.10. The van der Waals surface area contributed by atoms with E-state index in [1.165, 1.54) is 0 Å². The summed E-state index contributed by atoms with van der Waals surface area (Å²) in [4.78, 5) is 22.5. The minimum atomic E-state index is -1.21. The maximum absolute atomic E-state index is 6.89. The van der Waals surface area contributed by atoms with Crippen molar-refractivity contribution in [3.63, 3.8) is 0 Å². The second kappa shape index (κ2) is 12.5. The van der Waals surface area contributed by atoms with Crippen molar-refractivity contribution in [1.29, 1.82) is 0 Å². The molecule has 1 aliphatic carbocycles. The highest BCUT2D eigenvalue weighted by atomic mass is 35.5. The van der Waals surface area contributed by atoms with Gasteiger partial charge in [-0.3, -0.25) is 0 Å². The van der Waals surface area contributed by atoms with E-state index < -0.39 is 11.1 Å². The van der Waals surface area contributed by atoms with Crippen molar-refractivity contribution in [2.45, 2.75) is 17.5 Å². The van der Waals surface area contributed by atoms with Gasteiger partial charge in [0, 0.05) is 17.0 Å². The average molecular weight is 662 g/mol. The number of benzene rings is 5. The van der Waals surface area contributed by atoms with Crippen molar-refractivity contribution >= 4 is 46.3 Å². The van der Waals surface area contributed by atoms with Crippen LogP contribution in [0.3, 0.4) is 0 Å². The highest BCUT2D eigenvalue weighted by Gasteiger charge is 2.65. The number of aliphatic imine (C=N–C) groups is 4. The topological polar surface area (TPSA) is 49.4 Å². The maximum atomic E-state index is 6.89. The molecule has 232 valence electrons. The predicted molar refractivity (Wildman–Crippen MR) is 199 cm³/mol. The van der Waals surface area contributed by atoms with Crippen LogP contribution in [0.2, 0.25) is 10.0 Å².